The normalized spacial score (nSPS) is 11.0. The molecular weight excluding hydrogens is 451 g/mol. The molecule has 0 unspecified atom stereocenters. The zero-order chi connectivity index (χ0) is 21.6. The lowest BCUT2D eigenvalue weighted by Crippen LogP contribution is -2.29. The van der Waals surface area contributed by atoms with Crippen molar-refractivity contribution < 1.29 is 14.7 Å². The molecule has 0 bridgehead atoms. The van der Waals surface area contributed by atoms with Gasteiger partial charge >= 0.3 is 11.7 Å². The molecule has 6 nitrogen and oxygen atoms in total. The van der Waals surface area contributed by atoms with Crippen LogP contribution < -0.4 is 5.69 Å². The fourth-order valence-electron chi connectivity index (χ4n) is 3.22. The number of carbonyl (C=O) groups excluding carboxylic acids is 1. The van der Waals surface area contributed by atoms with E-state index in [1.165, 1.54) is 34.9 Å². The molecule has 0 atom stereocenters. The molecule has 0 saturated heterocycles. The topological polar surface area (TPSA) is 81.3 Å². The summed E-state index contributed by atoms with van der Waals surface area (Å²) in [5, 5.41) is 9.38. The molecule has 150 valence electrons. The van der Waals surface area contributed by atoms with Crippen molar-refractivity contribution in [3.8, 4) is 5.69 Å². The van der Waals surface area contributed by atoms with Crippen molar-refractivity contribution >= 4 is 57.7 Å². The van der Waals surface area contributed by atoms with Gasteiger partial charge in [-0.2, -0.15) is 0 Å². The maximum absolute atomic E-state index is 13.3. The molecule has 0 amide bonds. The molecule has 0 radical (unpaired) electrons. The van der Waals surface area contributed by atoms with Gasteiger partial charge in [-0.1, -0.05) is 53.0 Å². The van der Waals surface area contributed by atoms with Crippen molar-refractivity contribution in [2.24, 2.45) is 0 Å². The van der Waals surface area contributed by atoms with Gasteiger partial charge in [-0.25, -0.2) is 14.2 Å². The third-order valence-electron chi connectivity index (χ3n) is 4.57. The summed E-state index contributed by atoms with van der Waals surface area (Å²) in [6, 6.07) is 15.4. The second kappa shape index (κ2) is 7.65. The van der Waals surface area contributed by atoms with Crippen LogP contribution in [0.1, 0.15) is 20.7 Å². The lowest BCUT2D eigenvalue weighted by molar-refractivity contribution is 0.0697. The molecule has 30 heavy (non-hydrogen) atoms. The average molecular weight is 462 g/mol. The first-order chi connectivity index (χ1) is 14.3. The van der Waals surface area contributed by atoms with Crippen molar-refractivity contribution in [2.75, 3.05) is 0 Å². The summed E-state index contributed by atoms with van der Waals surface area (Å²) in [5.74, 6) is -1.87. The molecule has 0 fully saturated rings. The van der Waals surface area contributed by atoms with E-state index in [4.69, 9.17) is 34.8 Å². The van der Waals surface area contributed by atoms with E-state index in [0.717, 1.165) is 4.57 Å². The van der Waals surface area contributed by atoms with Crippen LogP contribution in [0, 0.1) is 0 Å². The number of rotatable bonds is 3. The van der Waals surface area contributed by atoms with Gasteiger partial charge in [-0.15, -0.1) is 0 Å². The standard InChI is InChI=1S/C21H11Cl3N2O4/c22-13-4-3-5-14(23)18(13)19(27)26-17-7-2-1-6-16(17)25(21(26)30)11-8-9-12(20(28)29)15(24)10-11/h1-10H,(H,28,29). The maximum Gasteiger partial charge on any atom is 0.340 e. The number of benzene rings is 3. The zero-order valence-corrected chi connectivity index (χ0v) is 17.2. The first-order valence-corrected chi connectivity index (χ1v) is 9.69. The fourth-order valence-corrected chi connectivity index (χ4v) is 4.04. The lowest BCUT2D eigenvalue weighted by Gasteiger charge is -2.07. The van der Waals surface area contributed by atoms with Crippen LogP contribution >= 0.6 is 34.8 Å². The van der Waals surface area contributed by atoms with Crippen molar-refractivity contribution in [3.05, 3.63) is 97.3 Å². The highest BCUT2D eigenvalue weighted by molar-refractivity contribution is 6.40. The average Bonchev–Trinajstić information content (AvgIpc) is 2.99. The van der Waals surface area contributed by atoms with Crippen LogP contribution in [-0.4, -0.2) is 26.1 Å². The summed E-state index contributed by atoms with van der Waals surface area (Å²) in [4.78, 5) is 37.8. The van der Waals surface area contributed by atoms with Gasteiger partial charge in [0.25, 0.3) is 5.91 Å². The Labute approximate surface area is 184 Å². The van der Waals surface area contributed by atoms with Gasteiger partial charge in [0, 0.05) is 0 Å². The highest BCUT2D eigenvalue weighted by atomic mass is 35.5. The van der Waals surface area contributed by atoms with E-state index in [1.807, 2.05) is 0 Å². The molecule has 1 N–H and O–H groups in total. The largest absolute Gasteiger partial charge is 0.478 e. The Morgan fingerprint density at radius 2 is 1.43 bits per heavy atom. The van der Waals surface area contributed by atoms with E-state index in [2.05, 4.69) is 0 Å². The Hall–Kier alpha value is -3.06. The molecule has 0 aliphatic heterocycles. The minimum atomic E-state index is -1.19. The predicted octanol–water partition coefficient (Wildman–Crippen LogP) is 5.14. The van der Waals surface area contributed by atoms with E-state index < -0.39 is 17.6 Å². The van der Waals surface area contributed by atoms with Crippen LogP contribution in [0.15, 0.2) is 65.5 Å². The highest BCUT2D eigenvalue weighted by Crippen LogP contribution is 2.27. The summed E-state index contributed by atoms with van der Waals surface area (Å²) < 4.78 is 2.25. The molecule has 0 aliphatic rings. The molecule has 0 aliphatic carbocycles. The van der Waals surface area contributed by atoms with Gasteiger partial charge in [0.15, 0.2) is 0 Å². The number of hydrogen-bond donors (Lipinski definition) is 1. The third-order valence-corrected chi connectivity index (χ3v) is 5.51. The summed E-state index contributed by atoms with van der Waals surface area (Å²) in [7, 11) is 0. The molecule has 0 spiro atoms. The minimum absolute atomic E-state index is 0.00472. The number of fused-ring (bicyclic) bond motifs is 1. The van der Waals surface area contributed by atoms with Crippen LogP contribution in [0.4, 0.5) is 0 Å². The highest BCUT2D eigenvalue weighted by Gasteiger charge is 2.24. The first kappa shape index (κ1) is 20.2. The number of carbonyl (C=O) groups is 2. The summed E-state index contributed by atoms with van der Waals surface area (Å²) >= 11 is 18.4. The maximum atomic E-state index is 13.3. The van der Waals surface area contributed by atoms with Crippen molar-refractivity contribution in [1.29, 1.82) is 0 Å². The van der Waals surface area contributed by atoms with E-state index in [-0.39, 0.29) is 26.2 Å². The number of carboxylic acids is 1. The van der Waals surface area contributed by atoms with E-state index in [1.54, 1.807) is 30.3 Å². The second-order valence-electron chi connectivity index (χ2n) is 6.31. The molecule has 1 heterocycles. The summed E-state index contributed by atoms with van der Waals surface area (Å²) in [6.07, 6.45) is 0. The van der Waals surface area contributed by atoms with Crippen molar-refractivity contribution in [2.45, 2.75) is 0 Å². The number of aromatic carboxylic acids is 1. The van der Waals surface area contributed by atoms with Crippen molar-refractivity contribution in [3.63, 3.8) is 0 Å². The molecule has 4 rings (SSSR count). The molecular formula is C21H11Cl3N2O4. The van der Waals surface area contributed by atoms with Crippen LogP contribution in [0.2, 0.25) is 15.1 Å². The summed E-state index contributed by atoms with van der Waals surface area (Å²) in [5.41, 5.74) is 0.306. The van der Waals surface area contributed by atoms with Crippen LogP contribution in [-0.2, 0) is 0 Å². The third kappa shape index (κ3) is 3.19. The number of hydrogen-bond acceptors (Lipinski definition) is 3. The number of nitrogens with zero attached hydrogens (tertiary/aromatic N) is 2. The number of carboxylic acid groups (broad SMARTS) is 1. The smallest absolute Gasteiger partial charge is 0.340 e. The van der Waals surface area contributed by atoms with E-state index >= 15 is 0 Å². The number of halogens is 3. The van der Waals surface area contributed by atoms with Gasteiger partial charge in [0.2, 0.25) is 0 Å². The molecule has 4 aromatic rings. The monoisotopic (exact) mass is 460 g/mol. The van der Waals surface area contributed by atoms with E-state index in [0.29, 0.717) is 16.7 Å². The fraction of sp³-hybridized carbons (Fsp3) is 0. The van der Waals surface area contributed by atoms with Gasteiger partial charge in [0.1, 0.15) is 0 Å². The molecule has 3 aromatic carbocycles. The number of aromatic nitrogens is 2. The van der Waals surface area contributed by atoms with Gasteiger partial charge in [-0.3, -0.25) is 9.36 Å². The number of para-hydroxylation sites is 2. The Balaban J connectivity index is 2.01. The first-order valence-electron chi connectivity index (χ1n) is 8.55. The second-order valence-corrected chi connectivity index (χ2v) is 7.53. The van der Waals surface area contributed by atoms with Gasteiger partial charge in [-0.05, 0) is 42.5 Å². The Kier molecular flexibility index (Phi) is 5.15. The minimum Gasteiger partial charge on any atom is -0.478 e. The quantitative estimate of drug-likeness (QED) is 0.458. The molecule has 1 aromatic heterocycles. The van der Waals surface area contributed by atoms with Crippen molar-refractivity contribution in [1.82, 2.24) is 9.13 Å². The van der Waals surface area contributed by atoms with Crippen LogP contribution in [0.5, 0.6) is 0 Å². The molecule has 0 saturated carbocycles. The predicted molar refractivity (Wildman–Crippen MR) is 116 cm³/mol. The van der Waals surface area contributed by atoms with Gasteiger partial charge < -0.3 is 5.11 Å². The summed E-state index contributed by atoms with van der Waals surface area (Å²) in [6.45, 7) is 0. The van der Waals surface area contributed by atoms with Crippen LogP contribution in [0.25, 0.3) is 16.7 Å². The van der Waals surface area contributed by atoms with E-state index in [9.17, 15) is 19.5 Å². The Morgan fingerprint density at radius 1 is 0.800 bits per heavy atom. The Bertz CT molecular complexity index is 1390. The number of imidazole rings is 1. The zero-order valence-electron chi connectivity index (χ0n) is 15.0. The SMILES string of the molecule is O=C(O)c1ccc(-n2c(=O)n(C(=O)c3c(Cl)cccc3Cl)c3ccccc32)cc1Cl. The lowest BCUT2D eigenvalue weighted by atomic mass is 10.2. The molecule has 9 heteroatoms. The van der Waals surface area contributed by atoms with Crippen LogP contribution in [0.3, 0.4) is 0 Å². The van der Waals surface area contributed by atoms with Gasteiger partial charge in [0.05, 0.1) is 42.9 Å². The Morgan fingerprint density at radius 3 is 2.03 bits per heavy atom.